The van der Waals surface area contributed by atoms with Crippen molar-refractivity contribution in [2.75, 3.05) is 70.4 Å². The van der Waals surface area contributed by atoms with Crippen LogP contribution in [0.1, 0.15) is 132 Å². The molecule has 2 atom stereocenters. The number of benzene rings is 6. The van der Waals surface area contributed by atoms with E-state index in [9.17, 15) is 14.4 Å². The first-order valence-corrected chi connectivity index (χ1v) is 42.7. The van der Waals surface area contributed by atoms with E-state index in [-0.39, 0.29) is 36.4 Å². The molecule has 614 valence electrons. The lowest BCUT2D eigenvalue weighted by Crippen LogP contribution is -2.37. The Morgan fingerprint density at radius 3 is 1.12 bits per heavy atom. The first-order valence-electron chi connectivity index (χ1n) is 42.7. The summed E-state index contributed by atoms with van der Waals surface area (Å²) >= 11 is 0. The molecular weight excluding hydrogens is 1510 g/mol. The number of carbonyl (C=O) groups excluding carboxylic acids is 3. The smallest absolute Gasteiger partial charge is 0.249 e. The van der Waals surface area contributed by atoms with E-state index in [0.29, 0.717) is 85.9 Å². The fourth-order valence-electron chi connectivity index (χ4n) is 18.4. The molecule has 0 radical (unpaired) electrons. The number of nitrogens with one attached hydrogen (secondary N) is 3. The second-order valence-electron chi connectivity index (χ2n) is 32.9. The van der Waals surface area contributed by atoms with Crippen LogP contribution in [0.3, 0.4) is 0 Å². The maximum atomic E-state index is 12.4. The highest BCUT2D eigenvalue weighted by Gasteiger charge is 2.34. The van der Waals surface area contributed by atoms with Crippen molar-refractivity contribution < 1.29 is 28.6 Å². The molecule has 3 saturated carbocycles. The highest BCUT2D eigenvalue weighted by Crippen LogP contribution is 2.44. The normalized spacial score (nSPS) is 19.8. The van der Waals surface area contributed by atoms with E-state index in [2.05, 4.69) is 171 Å². The van der Waals surface area contributed by atoms with E-state index in [1.54, 1.807) is 18.6 Å². The van der Waals surface area contributed by atoms with Gasteiger partial charge in [0.15, 0.2) is 0 Å². The number of rotatable bonds is 19. The predicted molar refractivity (Wildman–Crippen MR) is 474 cm³/mol. The number of nitrogens with zero attached hydrogens (tertiary/aromatic N) is 12. The number of anilines is 3. The number of methoxy groups -OCH3 is 1. The first kappa shape index (κ1) is 79.2. The van der Waals surface area contributed by atoms with E-state index in [1.807, 2.05) is 73.2 Å². The molecule has 6 aromatic carbocycles. The van der Waals surface area contributed by atoms with Gasteiger partial charge in [-0.15, -0.1) is 0 Å². The van der Waals surface area contributed by atoms with Crippen molar-refractivity contribution in [3.05, 3.63) is 237 Å². The second kappa shape index (κ2) is 36.0. The highest BCUT2D eigenvalue weighted by atomic mass is 16.5. The van der Waals surface area contributed by atoms with Crippen LogP contribution in [-0.4, -0.2) is 135 Å². The number of hydrogen-bond donors (Lipinski definition) is 6. The SMILES string of the molecule is COCC(=O)NCC1CCC(c2nc(-c3ccc4ccc(-c5ccccc5)nc4c3)c3c(N)nccn23)CC1.Nc1nccn2c(C3CCC(CNC(=O)C4CCCO4)CC3)nc(-c3ccc4ccc(-c5ccccc5)nc4c3)c12.Nc1nccn2c(C3CCC(CNC(=O)C4CCOC4)CC3)nc(-c3ccc4ccc(-c5ccccc5)nc4c3)c12. The van der Waals surface area contributed by atoms with E-state index in [4.69, 9.17) is 61.3 Å². The third-order valence-corrected chi connectivity index (χ3v) is 25.1. The Hall–Kier alpha value is -12.9. The number of nitrogen functional groups attached to an aromatic ring is 3. The molecule has 0 bridgehead atoms. The van der Waals surface area contributed by atoms with Crippen molar-refractivity contribution in [3.63, 3.8) is 0 Å². The van der Waals surface area contributed by atoms with Gasteiger partial charge in [0.1, 0.15) is 81.3 Å². The minimum atomic E-state index is -0.268. The zero-order valence-corrected chi connectivity index (χ0v) is 68.0. The number of pyridine rings is 3. The van der Waals surface area contributed by atoms with Gasteiger partial charge in [-0.25, -0.2) is 44.9 Å². The van der Waals surface area contributed by atoms with Gasteiger partial charge >= 0.3 is 0 Å². The topological polar surface area (TPSA) is 322 Å². The van der Waals surface area contributed by atoms with Crippen LogP contribution in [0.25, 0.3) is 117 Å². The molecule has 5 aliphatic rings. The average molecular weight is 1610 g/mol. The van der Waals surface area contributed by atoms with E-state index in [0.717, 1.165) is 237 Å². The van der Waals surface area contributed by atoms with Crippen molar-refractivity contribution in [2.24, 2.45) is 23.7 Å². The maximum absolute atomic E-state index is 12.4. The number of ether oxygens (including phenoxy) is 3. The largest absolute Gasteiger partial charge is 0.382 e. The molecule has 3 amide bonds. The molecule has 24 heteroatoms. The van der Waals surface area contributed by atoms with Crippen molar-refractivity contribution in [1.29, 1.82) is 0 Å². The van der Waals surface area contributed by atoms with Crippen LogP contribution in [0.15, 0.2) is 219 Å². The molecule has 2 unspecified atom stereocenters. The standard InChI is InChI=1S/2C33H34N6O2.C31H32N6O2/c34-31-30-29(25-13-12-23-14-15-26(37-27(23)19-25)22-5-2-1-3-6-22)38-32(39(30)17-16-35-31)24-10-8-21(9-11-24)20-36-33(40)28-7-4-18-41-28;34-31-30-29(25-11-10-23-12-13-27(37-28(23)18-25)22-4-2-1-3-5-22)38-32(39(30)16-15-35-31)24-8-6-21(7-9-24)19-36-33(40)26-14-17-41-20-26;1-39-19-27(38)34-18-20-7-9-23(10-8-20)31-36-28(29-30(32)33-15-16-37(29)31)24-12-11-22-13-14-25(35-26(22)17-24)21-5-3-2-4-6-21/h1-3,5-6,12-17,19,21,24,28H,4,7-11,18,20H2,(H2,34,35)(H,36,40);1-5,10-13,15-16,18,21,24,26H,6-9,14,17,19-20H2,(H2,34,35)(H,36,40);2-6,11-17,20,23H,7-10,18-19H2,1H3,(H2,32,33)(H,34,38). The second-order valence-corrected chi connectivity index (χ2v) is 32.9. The van der Waals surface area contributed by atoms with Crippen molar-refractivity contribution >= 4 is 84.4 Å². The van der Waals surface area contributed by atoms with Gasteiger partial charge < -0.3 is 47.4 Å². The lowest BCUT2D eigenvalue weighted by molar-refractivity contribution is -0.130. The van der Waals surface area contributed by atoms with E-state index < -0.39 is 0 Å². The van der Waals surface area contributed by atoms with Crippen LogP contribution >= 0.6 is 0 Å². The van der Waals surface area contributed by atoms with E-state index >= 15 is 0 Å². The monoisotopic (exact) mass is 1610 g/mol. The Balaban J connectivity index is 0.000000124. The summed E-state index contributed by atoms with van der Waals surface area (Å²) in [6.45, 7) is 4.17. The molecule has 9 N–H and O–H groups in total. The molecule has 2 aliphatic heterocycles. The third-order valence-electron chi connectivity index (χ3n) is 25.1. The van der Waals surface area contributed by atoms with E-state index in [1.165, 1.54) is 7.11 Å². The lowest BCUT2D eigenvalue weighted by Gasteiger charge is -2.28. The number of amides is 3. The van der Waals surface area contributed by atoms with Crippen LogP contribution < -0.4 is 33.2 Å². The number of carbonyl (C=O) groups is 3. The summed E-state index contributed by atoms with van der Waals surface area (Å²) in [5.74, 6) is 6.95. The van der Waals surface area contributed by atoms with Crippen molar-refractivity contribution in [3.8, 4) is 67.5 Å². The molecule has 3 aliphatic carbocycles. The molecule has 0 spiro atoms. The average Bonchev–Trinajstić information content (AvgIpc) is 1.61. The van der Waals surface area contributed by atoms with Gasteiger partial charge in [-0.1, -0.05) is 146 Å². The third kappa shape index (κ3) is 17.4. The van der Waals surface area contributed by atoms with Crippen LogP contribution in [-0.2, 0) is 28.6 Å². The molecule has 5 fully saturated rings. The molecular formula is C97H100N18O6. The highest BCUT2D eigenvalue weighted by molar-refractivity contribution is 5.95. The number of fused-ring (bicyclic) bond motifs is 6. The van der Waals surface area contributed by atoms with Gasteiger partial charge in [-0.05, 0) is 150 Å². The van der Waals surface area contributed by atoms with Crippen LogP contribution in [0.5, 0.6) is 0 Å². The summed E-state index contributed by atoms with van der Waals surface area (Å²) in [6, 6.07) is 62.0. The van der Waals surface area contributed by atoms with Gasteiger partial charge in [-0.2, -0.15) is 0 Å². The fraction of sp³-hybridized carbons (Fsp3) is 0.320. The number of aromatic nitrogens is 12. The van der Waals surface area contributed by atoms with Gasteiger partial charge in [-0.3, -0.25) is 27.6 Å². The Kier molecular flexibility index (Phi) is 23.5. The summed E-state index contributed by atoms with van der Waals surface area (Å²) in [5.41, 5.74) is 36.1. The minimum Gasteiger partial charge on any atom is -0.382 e. The Morgan fingerprint density at radius 1 is 0.405 bits per heavy atom. The number of nitrogens with two attached hydrogens (primary N) is 3. The summed E-state index contributed by atoms with van der Waals surface area (Å²) < 4.78 is 22.2. The molecule has 9 aromatic heterocycles. The minimum absolute atomic E-state index is 0.00958. The molecule has 121 heavy (non-hydrogen) atoms. The van der Waals surface area contributed by atoms with Gasteiger partial charge in [0.2, 0.25) is 17.7 Å². The van der Waals surface area contributed by atoms with Crippen LogP contribution in [0, 0.1) is 23.7 Å². The number of imidazole rings is 3. The van der Waals surface area contributed by atoms with Crippen LogP contribution in [0.2, 0.25) is 0 Å². The predicted octanol–water partition coefficient (Wildman–Crippen LogP) is 16.6. The summed E-state index contributed by atoms with van der Waals surface area (Å²) in [4.78, 5) is 80.3. The maximum Gasteiger partial charge on any atom is 0.249 e. The molecule has 20 rings (SSSR count). The Morgan fingerprint density at radius 2 is 0.769 bits per heavy atom. The first-order chi connectivity index (χ1) is 59.4. The Labute approximate surface area is 701 Å². The van der Waals surface area contributed by atoms with Crippen LogP contribution in [0.4, 0.5) is 17.5 Å². The molecule has 11 heterocycles. The summed E-state index contributed by atoms with van der Waals surface area (Å²) in [7, 11) is 1.53. The fourth-order valence-corrected chi connectivity index (χ4v) is 18.4. The van der Waals surface area contributed by atoms with Crippen molar-refractivity contribution in [2.45, 2.75) is 120 Å². The van der Waals surface area contributed by atoms with Crippen molar-refractivity contribution in [1.82, 2.24) is 74.0 Å². The quantitative estimate of drug-likeness (QED) is 0.0438. The zero-order valence-electron chi connectivity index (χ0n) is 68.0. The summed E-state index contributed by atoms with van der Waals surface area (Å²) in [6.07, 6.45) is 25.8. The molecule has 24 nitrogen and oxygen atoms in total. The summed E-state index contributed by atoms with van der Waals surface area (Å²) in [5, 5.41) is 12.5. The lowest BCUT2D eigenvalue weighted by atomic mass is 9.81. The zero-order chi connectivity index (χ0) is 82.3. The van der Waals surface area contributed by atoms with Gasteiger partial charge in [0.25, 0.3) is 0 Å². The molecule has 15 aromatic rings. The Bertz CT molecular complexity index is 5970. The number of hydrogen-bond acceptors (Lipinski definition) is 18. The van der Waals surface area contributed by atoms with Gasteiger partial charge in [0.05, 0.1) is 46.2 Å². The van der Waals surface area contributed by atoms with Gasteiger partial charge in [0, 0.05) is 144 Å². The molecule has 2 saturated heterocycles.